The van der Waals surface area contributed by atoms with Gasteiger partial charge < -0.3 is 144 Å². The molecule has 4 saturated carbocycles. The minimum atomic E-state index is -2.22. The van der Waals surface area contributed by atoms with Crippen LogP contribution in [0.25, 0.3) is 0 Å². The summed E-state index contributed by atoms with van der Waals surface area (Å²) in [4.78, 5) is 0. The van der Waals surface area contributed by atoms with E-state index in [9.17, 15) is 86.8 Å². The van der Waals surface area contributed by atoms with E-state index in [0.717, 1.165) is 44.9 Å². The minimum absolute atomic E-state index is 0.0937. The van der Waals surface area contributed by atoms with Crippen LogP contribution in [0.5, 0.6) is 0 Å². The first kappa shape index (κ1) is 66.3. The molecule has 11 aliphatic rings. The van der Waals surface area contributed by atoms with Crippen LogP contribution >= 0.6 is 0 Å². The first-order valence-electron chi connectivity index (χ1n) is 30.9. The van der Waals surface area contributed by atoms with Crippen LogP contribution in [0.4, 0.5) is 0 Å². The van der Waals surface area contributed by atoms with Gasteiger partial charge >= 0.3 is 0 Å². The monoisotopic (exact) mass is 1240 g/mol. The molecule has 4 aliphatic carbocycles. The Hall–Kier alpha value is -1.16. The van der Waals surface area contributed by atoms with Crippen LogP contribution in [0, 0.1) is 52.3 Å². The maximum absolute atomic E-state index is 12.1. The third-order valence-corrected chi connectivity index (χ3v) is 22.5. The van der Waals surface area contributed by atoms with Crippen LogP contribution in [-0.2, 0) is 56.8 Å². The first-order chi connectivity index (χ1) is 40.9. The van der Waals surface area contributed by atoms with Crippen molar-refractivity contribution in [1.82, 2.24) is 0 Å². The molecule has 0 aromatic heterocycles. The standard InChI is InChI=1S/C57H94O29/c1-20-7-10-57(75-19-20)21(2)34-28(86-57)12-25-23-6-5-22-11-27(26(63)13-56(22,4)24(23)8-9-55(25,34)3)76-50-44(73)41(70)46(33(18-62)81-50)82-54-49(85-52-43(72)40(69)36(65)30(15-59)78-52)48(38(67)32(17-61)80-54)84-53-45(74)47(37(66)31(16-60)79-53)83-51-42(71)39(68)35(64)29(14-58)77-51/h20-54,58-74H,5-19H2,1-4H3/t20?,21?,22?,23?,24?,25?,26-,27-,28?,29?,30?,31?,32?,33?,34?,35?,36?,37?,38?,39?,40?,41?,42?,43?,44?,45?,46?,47?,48?,49?,50?,51?,52?,53?,54?,55+,56+,57-/m1/s1. The van der Waals surface area contributed by atoms with Gasteiger partial charge in [0, 0.05) is 12.3 Å². The highest BCUT2D eigenvalue weighted by Crippen LogP contribution is 2.71. The number of hydrogen-bond acceptors (Lipinski definition) is 29. The van der Waals surface area contributed by atoms with E-state index in [-0.39, 0.29) is 28.8 Å². The molecule has 17 N–H and O–H groups in total. The number of aliphatic hydroxyl groups is 17. The summed E-state index contributed by atoms with van der Waals surface area (Å²) in [6.45, 7) is 5.28. The SMILES string of the molecule is CC1CC[C@@]2(OC1)OC1CC3C4CCC5C[C@@H](OC6OC(CO)C(OC7OC(CO)C(O)C(OC8OC(CO)C(O)C(OC9OC(CO)C(O)C(O)C9O)C8O)C7OC7OC(CO)C(O)C(O)C7O)C(O)C6O)[C@H](O)C[C@]5(C)C4CC[C@]3(C)C1C2C. The summed E-state index contributed by atoms with van der Waals surface area (Å²) in [5.74, 6) is 2.05. The van der Waals surface area contributed by atoms with Gasteiger partial charge in [-0.3, -0.25) is 0 Å². The normalized spacial score (nSPS) is 57.5. The molecule has 29 heteroatoms. The molecule has 0 radical (unpaired) electrons. The summed E-state index contributed by atoms with van der Waals surface area (Å²) in [6, 6.07) is 0. The molecule has 7 aliphatic heterocycles. The molecule has 86 heavy (non-hydrogen) atoms. The summed E-state index contributed by atoms with van der Waals surface area (Å²) in [7, 11) is 0. The van der Waals surface area contributed by atoms with E-state index in [2.05, 4.69) is 27.7 Å². The summed E-state index contributed by atoms with van der Waals surface area (Å²) >= 11 is 0. The lowest BCUT2D eigenvalue weighted by atomic mass is 9.44. The van der Waals surface area contributed by atoms with E-state index in [0.29, 0.717) is 49.0 Å². The Morgan fingerprint density at radius 3 is 1.51 bits per heavy atom. The van der Waals surface area contributed by atoms with Crippen molar-refractivity contribution in [2.45, 2.75) is 263 Å². The topological polar surface area (TPSA) is 455 Å². The van der Waals surface area contributed by atoms with Crippen molar-refractivity contribution in [2.75, 3.05) is 39.6 Å². The van der Waals surface area contributed by atoms with Gasteiger partial charge in [-0.25, -0.2) is 0 Å². The van der Waals surface area contributed by atoms with Crippen molar-refractivity contribution >= 4 is 0 Å². The van der Waals surface area contributed by atoms with Gasteiger partial charge in [-0.2, -0.15) is 0 Å². The molecule has 0 aromatic carbocycles. The lowest BCUT2D eigenvalue weighted by Gasteiger charge is -2.62. The number of rotatable bonds is 15. The van der Waals surface area contributed by atoms with E-state index >= 15 is 0 Å². The van der Waals surface area contributed by atoms with Crippen LogP contribution in [0.1, 0.15) is 85.5 Å². The molecule has 0 amide bonds. The third-order valence-electron chi connectivity index (χ3n) is 22.5. The van der Waals surface area contributed by atoms with Crippen molar-refractivity contribution in [3.8, 4) is 0 Å². The van der Waals surface area contributed by atoms with Gasteiger partial charge in [-0.05, 0) is 97.7 Å². The Morgan fingerprint density at radius 2 is 0.930 bits per heavy atom. The zero-order chi connectivity index (χ0) is 61.8. The number of fused-ring (bicyclic) bond motifs is 7. The van der Waals surface area contributed by atoms with Crippen LogP contribution in [-0.4, -0.2) is 304 Å². The minimum Gasteiger partial charge on any atom is -0.394 e. The Balaban J connectivity index is 0.794. The molecule has 496 valence electrons. The second-order valence-corrected chi connectivity index (χ2v) is 27.3. The average Bonchev–Trinajstić information content (AvgIpc) is 1.49. The Kier molecular flexibility index (Phi) is 20.0. The molecule has 11 fully saturated rings. The Bertz CT molecular complexity index is 2230. The summed E-state index contributed by atoms with van der Waals surface area (Å²) in [5.41, 5.74) is -0.144. The maximum Gasteiger partial charge on any atom is 0.187 e. The summed E-state index contributed by atoms with van der Waals surface area (Å²) < 4.78 is 73.1. The second-order valence-electron chi connectivity index (χ2n) is 27.3. The fourth-order valence-corrected chi connectivity index (χ4v) is 17.7. The summed E-state index contributed by atoms with van der Waals surface area (Å²) in [6.07, 6.45) is -42.1. The smallest absolute Gasteiger partial charge is 0.187 e. The predicted octanol–water partition coefficient (Wildman–Crippen LogP) is -6.11. The molecule has 38 atom stereocenters. The van der Waals surface area contributed by atoms with Crippen molar-refractivity contribution < 1.29 is 144 Å². The number of ether oxygens (including phenoxy) is 12. The molecule has 11 rings (SSSR count). The highest BCUT2D eigenvalue weighted by molar-refractivity contribution is 5.16. The molecule has 7 heterocycles. The molecule has 33 unspecified atom stereocenters. The molecule has 7 saturated heterocycles. The highest BCUT2D eigenvalue weighted by Gasteiger charge is 2.70. The quantitative estimate of drug-likeness (QED) is 0.0679. The zero-order valence-corrected chi connectivity index (χ0v) is 48.8. The van der Waals surface area contributed by atoms with Gasteiger partial charge in [0.2, 0.25) is 0 Å². The van der Waals surface area contributed by atoms with Crippen LogP contribution in [0.2, 0.25) is 0 Å². The van der Waals surface area contributed by atoms with Crippen molar-refractivity contribution in [1.29, 1.82) is 0 Å². The fourth-order valence-electron chi connectivity index (χ4n) is 17.7. The van der Waals surface area contributed by atoms with Gasteiger partial charge in [0.1, 0.15) is 122 Å². The van der Waals surface area contributed by atoms with Crippen molar-refractivity contribution in [3.63, 3.8) is 0 Å². The Morgan fingerprint density at radius 1 is 0.430 bits per heavy atom. The van der Waals surface area contributed by atoms with Gasteiger partial charge in [0.25, 0.3) is 0 Å². The highest BCUT2D eigenvalue weighted by atomic mass is 16.8. The summed E-state index contributed by atoms with van der Waals surface area (Å²) in [5, 5.41) is 187. The molecule has 1 spiro atoms. The van der Waals surface area contributed by atoms with E-state index in [1.807, 2.05) is 0 Å². The second kappa shape index (κ2) is 26.0. The average molecular weight is 1240 g/mol. The van der Waals surface area contributed by atoms with Crippen molar-refractivity contribution in [2.24, 2.45) is 52.3 Å². The van der Waals surface area contributed by atoms with Crippen LogP contribution in [0.15, 0.2) is 0 Å². The lowest BCUT2D eigenvalue weighted by molar-refractivity contribution is -0.411. The first-order valence-corrected chi connectivity index (χ1v) is 30.9. The van der Waals surface area contributed by atoms with Gasteiger partial charge in [-0.1, -0.05) is 27.7 Å². The lowest BCUT2D eigenvalue weighted by Crippen LogP contribution is -2.69. The molecular formula is C57H94O29. The molecule has 29 nitrogen and oxygen atoms in total. The molecule has 0 aromatic rings. The predicted molar refractivity (Wildman–Crippen MR) is 282 cm³/mol. The maximum atomic E-state index is 12.1. The largest absolute Gasteiger partial charge is 0.394 e. The van der Waals surface area contributed by atoms with E-state index in [1.54, 1.807) is 0 Å². The fraction of sp³-hybridized carbons (Fsp3) is 1.00. The van der Waals surface area contributed by atoms with E-state index < -0.39 is 205 Å². The van der Waals surface area contributed by atoms with Crippen LogP contribution in [0.3, 0.4) is 0 Å². The van der Waals surface area contributed by atoms with Gasteiger partial charge in [0.15, 0.2) is 37.2 Å². The third kappa shape index (κ3) is 11.5. The van der Waals surface area contributed by atoms with E-state index in [4.69, 9.17) is 56.8 Å². The molecular weight excluding hydrogens is 1150 g/mol. The van der Waals surface area contributed by atoms with E-state index in [1.165, 1.54) is 0 Å². The van der Waals surface area contributed by atoms with Gasteiger partial charge in [-0.15, -0.1) is 0 Å². The van der Waals surface area contributed by atoms with Gasteiger partial charge in [0.05, 0.1) is 58.0 Å². The Labute approximate surface area is 497 Å². The number of hydrogen-bond donors (Lipinski definition) is 17. The number of aliphatic hydroxyl groups excluding tert-OH is 17. The zero-order valence-electron chi connectivity index (χ0n) is 48.8. The molecule has 0 bridgehead atoms. The van der Waals surface area contributed by atoms with Crippen LogP contribution < -0.4 is 0 Å². The van der Waals surface area contributed by atoms with Crippen molar-refractivity contribution in [3.05, 3.63) is 0 Å².